The smallest absolute Gasteiger partial charge is 0.223 e. The van der Waals surface area contributed by atoms with Crippen molar-refractivity contribution in [3.63, 3.8) is 0 Å². The van der Waals surface area contributed by atoms with Crippen LogP contribution in [-0.4, -0.2) is 43.6 Å². The van der Waals surface area contributed by atoms with Crippen molar-refractivity contribution in [3.8, 4) is 6.07 Å². The van der Waals surface area contributed by atoms with Crippen LogP contribution in [0.1, 0.15) is 37.1 Å². The number of hydrogen-bond donors (Lipinski definition) is 1. The summed E-state index contributed by atoms with van der Waals surface area (Å²) in [6.07, 6.45) is 8.17. The first-order valence-electron chi connectivity index (χ1n) is 8.36. The Morgan fingerprint density at radius 1 is 1.40 bits per heavy atom. The van der Waals surface area contributed by atoms with Gasteiger partial charge in [0.25, 0.3) is 0 Å². The molecule has 8 nitrogen and oxygen atoms in total. The van der Waals surface area contributed by atoms with Crippen molar-refractivity contribution in [1.82, 2.24) is 24.6 Å². The van der Waals surface area contributed by atoms with Crippen molar-refractivity contribution in [2.45, 2.75) is 25.8 Å². The highest BCUT2D eigenvalue weighted by Gasteiger charge is 2.36. The predicted molar refractivity (Wildman–Crippen MR) is 91.3 cm³/mol. The molecule has 2 aromatic rings. The summed E-state index contributed by atoms with van der Waals surface area (Å²) >= 11 is 0. The van der Waals surface area contributed by atoms with Gasteiger partial charge in [-0.25, -0.2) is 4.98 Å². The van der Waals surface area contributed by atoms with Crippen LogP contribution in [-0.2, 0) is 11.8 Å². The molecule has 2 aromatic heterocycles. The molecule has 0 spiro atoms. The number of hydrogen-bond acceptors (Lipinski definition) is 6. The molecule has 0 unspecified atom stereocenters. The standard InChI is InChI=1S/C17H21N7O/c1-3-24-16(25)5-4-12(17(24)13-8-21-23(2)11-13)7-20-15-10-19-9-14(6-18)22-15/h8-12,17H,3-5,7H2,1-2H3,(H,20,22)/t12-,17+/m1/s1. The maximum atomic E-state index is 12.3. The monoisotopic (exact) mass is 339 g/mol. The lowest BCUT2D eigenvalue weighted by atomic mass is 9.85. The van der Waals surface area contributed by atoms with Gasteiger partial charge in [-0.15, -0.1) is 0 Å². The molecule has 1 amide bonds. The second-order valence-electron chi connectivity index (χ2n) is 6.15. The Bertz CT molecular complexity index is 794. The molecular formula is C17H21N7O. The molecule has 130 valence electrons. The maximum absolute atomic E-state index is 12.3. The Kier molecular flexibility index (Phi) is 4.93. The summed E-state index contributed by atoms with van der Waals surface area (Å²) in [6, 6.07) is 1.97. The van der Waals surface area contributed by atoms with E-state index in [1.54, 1.807) is 10.9 Å². The fourth-order valence-electron chi connectivity index (χ4n) is 3.39. The van der Waals surface area contributed by atoms with E-state index in [0.717, 1.165) is 12.0 Å². The quantitative estimate of drug-likeness (QED) is 0.886. The molecule has 0 bridgehead atoms. The van der Waals surface area contributed by atoms with E-state index in [-0.39, 0.29) is 23.6 Å². The number of anilines is 1. The SMILES string of the molecule is CCN1C(=O)CC[C@H](CNc2cncc(C#N)n2)[C@H]1c1cnn(C)c1. The van der Waals surface area contributed by atoms with Crippen molar-refractivity contribution in [1.29, 1.82) is 5.26 Å². The Labute approximate surface area is 146 Å². The zero-order valence-electron chi connectivity index (χ0n) is 14.4. The molecule has 1 N–H and O–H groups in total. The van der Waals surface area contributed by atoms with E-state index in [2.05, 4.69) is 20.4 Å². The minimum atomic E-state index is -0.0143. The molecule has 1 fully saturated rings. The number of likely N-dealkylation sites (tertiary alicyclic amines) is 1. The Hall–Kier alpha value is -2.95. The van der Waals surface area contributed by atoms with Crippen molar-refractivity contribution >= 4 is 11.7 Å². The highest BCUT2D eigenvalue weighted by molar-refractivity contribution is 5.77. The molecule has 0 aromatic carbocycles. The highest BCUT2D eigenvalue weighted by atomic mass is 16.2. The summed E-state index contributed by atoms with van der Waals surface area (Å²) in [4.78, 5) is 22.5. The van der Waals surface area contributed by atoms with Crippen LogP contribution in [0.25, 0.3) is 0 Å². The van der Waals surface area contributed by atoms with E-state index in [9.17, 15) is 4.79 Å². The summed E-state index contributed by atoms with van der Waals surface area (Å²) in [6.45, 7) is 3.31. The molecule has 0 saturated carbocycles. The Morgan fingerprint density at radius 2 is 2.24 bits per heavy atom. The third-order valence-electron chi connectivity index (χ3n) is 4.53. The second-order valence-corrected chi connectivity index (χ2v) is 6.15. The van der Waals surface area contributed by atoms with Crippen LogP contribution in [0.5, 0.6) is 0 Å². The first-order chi connectivity index (χ1) is 12.1. The van der Waals surface area contributed by atoms with Gasteiger partial charge >= 0.3 is 0 Å². The topological polar surface area (TPSA) is 99.7 Å². The number of carbonyl (C=O) groups is 1. The molecule has 3 heterocycles. The van der Waals surface area contributed by atoms with Gasteiger partial charge in [0.2, 0.25) is 5.91 Å². The summed E-state index contributed by atoms with van der Waals surface area (Å²) < 4.78 is 1.76. The molecule has 3 rings (SSSR count). The molecule has 25 heavy (non-hydrogen) atoms. The Morgan fingerprint density at radius 3 is 2.92 bits per heavy atom. The maximum Gasteiger partial charge on any atom is 0.223 e. The van der Waals surface area contributed by atoms with Crippen LogP contribution in [0.4, 0.5) is 5.82 Å². The zero-order chi connectivity index (χ0) is 17.8. The van der Waals surface area contributed by atoms with Gasteiger partial charge in [-0.3, -0.25) is 14.5 Å². The number of amides is 1. The number of aryl methyl sites for hydroxylation is 1. The van der Waals surface area contributed by atoms with E-state index in [1.807, 2.05) is 37.3 Å². The van der Waals surface area contributed by atoms with Gasteiger partial charge in [-0.05, 0) is 13.3 Å². The lowest BCUT2D eigenvalue weighted by Gasteiger charge is -2.40. The average Bonchev–Trinajstić information content (AvgIpc) is 3.06. The number of rotatable bonds is 5. The van der Waals surface area contributed by atoms with Crippen molar-refractivity contribution in [2.24, 2.45) is 13.0 Å². The van der Waals surface area contributed by atoms with Gasteiger partial charge in [0.05, 0.1) is 24.6 Å². The van der Waals surface area contributed by atoms with Crippen molar-refractivity contribution in [2.75, 3.05) is 18.4 Å². The lowest BCUT2D eigenvalue weighted by molar-refractivity contribution is -0.138. The molecule has 1 aliphatic rings. The molecule has 1 saturated heterocycles. The van der Waals surface area contributed by atoms with Crippen LogP contribution < -0.4 is 5.32 Å². The summed E-state index contributed by atoms with van der Waals surface area (Å²) in [5.74, 6) is 0.984. The van der Waals surface area contributed by atoms with Gasteiger partial charge in [0.1, 0.15) is 11.9 Å². The molecule has 0 radical (unpaired) electrons. The summed E-state index contributed by atoms with van der Waals surface area (Å²) in [5, 5.41) is 16.5. The normalized spacial score (nSPS) is 20.4. The minimum absolute atomic E-state index is 0.0143. The second kappa shape index (κ2) is 7.30. The lowest BCUT2D eigenvalue weighted by Crippen LogP contribution is -2.44. The number of nitrogens with zero attached hydrogens (tertiary/aromatic N) is 6. The van der Waals surface area contributed by atoms with Gasteiger partial charge in [0.15, 0.2) is 5.69 Å². The van der Waals surface area contributed by atoms with Crippen LogP contribution >= 0.6 is 0 Å². The van der Waals surface area contributed by atoms with Gasteiger partial charge < -0.3 is 10.2 Å². The number of aromatic nitrogens is 4. The summed E-state index contributed by atoms with van der Waals surface area (Å²) in [5.41, 5.74) is 1.32. The largest absolute Gasteiger partial charge is 0.368 e. The predicted octanol–water partition coefficient (Wildman–Crippen LogP) is 1.49. The number of nitriles is 1. The first kappa shape index (κ1) is 16.9. The van der Waals surface area contributed by atoms with Gasteiger partial charge in [-0.2, -0.15) is 10.4 Å². The minimum Gasteiger partial charge on any atom is -0.368 e. The van der Waals surface area contributed by atoms with Gasteiger partial charge in [-0.1, -0.05) is 0 Å². The van der Waals surface area contributed by atoms with Gasteiger partial charge in [0, 0.05) is 44.2 Å². The Balaban J connectivity index is 1.79. The molecule has 8 heteroatoms. The van der Waals surface area contributed by atoms with E-state index in [4.69, 9.17) is 5.26 Å². The summed E-state index contributed by atoms with van der Waals surface area (Å²) in [7, 11) is 1.88. The van der Waals surface area contributed by atoms with Crippen molar-refractivity contribution in [3.05, 3.63) is 36.0 Å². The van der Waals surface area contributed by atoms with E-state index >= 15 is 0 Å². The molecule has 2 atom stereocenters. The molecule has 1 aliphatic heterocycles. The number of nitrogens with one attached hydrogen (secondary N) is 1. The fourth-order valence-corrected chi connectivity index (χ4v) is 3.39. The number of piperidine rings is 1. The van der Waals surface area contributed by atoms with E-state index in [0.29, 0.717) is 25.3 Å². The van der Waals surface area contributed by atoms with Crippen LogP contribution in [0.2, 0.25) is 0 Å². The van der Waals surface area contributed by atoms with Crippen LogP contribution in [0.15, 0.2) is 24.8 Å². The van der Waals surface area contributed by atoms with E-state index in [1.165, 1.54) is 6.20 Å². The zero-order valence-corrected chi connectivity index (χ0v) is 14.4. The number of carbonyl (C=O) groups excluding carboxylic acids is 1. The van der Waals surface area contributed by atoms with E-state index < -0.39 is 0 Å². The third kappa shape index (κ3) is 3.60. The molecular weight excluding hydrogens is 318 g/mol. The van der Waals surface area contributed by atoms with Crippen molar-refractivity contribution < 1.29 is 4.79 Å². The highest BCUT2D eigenvalue weighted by Crippen LogP contribution is 2.36. The first-order valence-corrected chi connectivity index (χ1v) is 8.36. The van der Waals surface area contributed by atoms with Crippen LogP contribution in [0, 0.1) is 17.2 Å². The van der Waals surface area contributed by atoms with Crippen LogP contribution in [0.3, 0.4) is 0 Å². The third-order valence-corrected chi connectivity index (χ3v) is 4.53. The molecule has 0 aliphatic carbocycles. The average molecular weight is 339 g/mol. The fraction of sp³-hybridized carbons (Fsp3) is 0.471.